The first kappa shape index (κ1) is 15.9. The molecule has 1 fully saturated rings. The summed E-state index contributed by atoms with van der Waals surface area (Å²) in [7, 11) is 0. The second-order valence-corrected chi connectivity index (χ2v) is 5.59. The van der Waals surface area contributed by atoms with Crippen molar-refractivity contribution in [3.05, 3.63) is 24.3 Å². The van der Waals surface area contributed by atoms with Gasteiger partial charge in [0.25, 0.3) is 0 Å². The Bertz CT molecular complexity index is 454. The van der Waals surface area contributed by atoms with Crippen molar-refractivity contribution < 1.29 is 17.9 Å². The topological polar surface area (TPSA) is 24.5 Å². The molecule has 3 nitrogen and oxygen atoms in total. The molecular weight excluding hydrogens is 281 g/mol. The van der Waals surface area contributed by atoms with Crippen LogP contribution < -0.4 is 10.1 Å². The zero-order chi connectivity index (χ0) is 15.5. The number of hydrogen-bond donors (Lipinski definition) is 1. The number of para-hydroxylation sites is 2. The Hall–Kier alpha value is -1.43. The number of rotatable bonds is 4. The van der Waals surface area contributed by atoms with Gasteiger partial charge in [0.15, 0.2) is 5.75 Å². The summed E-state index contributed by atoms with van der Waals surface area (Å²) < 4.78 is 41.2. The zero-order valence-corrected chi connectivity index (χ0v) is 12.3. The van der Waals surface area contributed by atoms with Crippen LogP contribution in [0.4, 0.5) is 18.9 Å². The average molecular weight is 302 g/mol. The Kier molecular flexibility index (Phi) is 4.98. The summed E-state index contributed by atoms with van der Waals surface area (Å²) in [6.07, 6.45) is -2.84. The molecule has 21 heavy (non-hydrogen) atoms. The fourth-order valence-corrected chi connectivity index (χ4v) is 2.58. The lowest BCUT2D eigenvalue weighted by Crippen LogP contribution is -2.42. The summed E-state index contributed by atoms with van der Waals surface area (Å²) in [6.45, 7) is 6.22. The summed E-state index contributed by atoms with van der Waals surface area (Å²) in [5.41, 5.74) is 0.401. The third kappa shape index (κ3) is 4.81. The Labute approximate surface area is 123 Å². The van der Waals surface area contributed by atoms with Gasteiger partial charge in [0.2, 0.25) is 0 Å². The summed E-state index contributed by atoms with van der Waals surface area (Å²) in [5, 5.41) is 3.18. The van der Waals surface area contributed by atoms with Gasteiger partial charge in [0.05, 0.1) is 5.69 Å². The Balaban J connectivity index is 1.98. The van der Waals surface area contributed by atoms with Crippen molar-refractivity contribution in [1.29, 1.82) is 0 Å². The minimum absolute atomic E-state index is 0.170. The number of hydrogen-bond acceptors (Lipinski definition) is 3. The van der Waals surface area contributed by atoms with E-state index in [0.717, 1.165) is 25.9 Å². The number of halogens is 3. The van der Waals surface area contributed by atoms with E-state index in [9.17, 15) is 13.2 Å². The van der Waals surface area contributed by atoms with Gasteiger partial charge in [-0.3, -0.25) is 0 Å². The number of likely N-dealkylation sites (tertiary alicyclic amines) is 1. The van der Waals surface area contributed by atoms with Crippen LogP contribution in [-0.4, -0.2) is 36.4 Å². The van der Waals surface area contributed by atoms with E-state index in [-0.39, 0.29) is 11.8 Å². The summed E-state index contributed by atoms with van der Waals surface area (Å²) in [6, 6.07) is 6.88. The molecule has 0 spiro atoms. The number of piperidine rings is 1. The van der Waals surface area contributed by atoms with Crippen molar-refractivity contribution in [2.45, 2.75) is 45.1 Å². The van der Waals surface area contributed by atoms with E-state index >= 15 is 0 Å². The maximum absolute atomic E-state index is 12.4. The highest BCUT2D eigenvalue weighted by atomic mass is 19.4. The molecule has 0 radical (unpaired) electrons. The van der Waals surface area contributed by atoms with Crippen molar-refractivity contribution in [1.82, 2.24) is 4.90 Å². The molecule has 2 rings (SSSR count). The molecule has 1 aromatic rings. The maximum Gasteiger partial charge on any atom is 0.573 e. The Morgan fingerprint density at radius 3 is 2.38 bits per heavy atom. The van der Waals surface area contributed by atoms with Crippen LogP contribution >= 0.6 is 0 Å². The number of nitrogens with zero attached hydrogens (tertiary/aromatic N) is 1. The molecule has 1 heterocycles. The molecule has 0 bridgehead atoms. The highest BCUT2D eigenvalue weighted by Crippen LogP contribution is 2.31. The molecule has 0 saturated carbocycles. The molecule has 0 amide bonds. The molecule has 0 aromatic heterocycles. The van der Waals surface area contributed by atoms with E-state index in [0.29, 0.717) is 11.7 Å². The predicted molar refractivity (Wildman–Crippen MR) is 76.5 cm³/mol. The highest BCUT2D eigenvalue weighted by molar-refractivity contribution is 5.56. The van der Waals surface area contributed by atoms with Gasteiger partial charge in [-0.2, -0.15) is 0 Å². The van der Waals surface area contributed by atoms with Crippen LogP contribution in [0.15, 0.2) is 24.3 Å². The number of benzene rings is 1. The van der Waals surface area contributed by atoms with Gasteiger partial charge in [0.1, 0.15) is 0 Å². The van der Waals surface area contributed by atoms with Crippen LogP contribution in [0.5, 0.6) is 5.75 Å². The van der Waals surface area contributed by atoms with Gasteiger partial charge in [0, 0.05) is 25.2 Å². The quantitative estimate of drug-likeness (QED) is 0.914. The van der Waals surface area contributed by atoms with Gasteiger partial charge in [-0.1, -0.05) is 12.1 Å². The van der Waals surface area contributed by atoms with Crippen LogP contribution in [0.2, 0.25) is 0 Å². The number of ether oxygens (including phenoxy) is 1. The highest BCUT2D eigenvalue weighted by Gasteiger charge is 2.32. The van der Waals surface area contributed by atoms with E-state index in [1.54, 1.807) is 12.1 Å². The molecule has 6 heteroatoms. The van der Waals surface area contributed by atoms with Crippen molar-refractivity contribution in [2.24, 2.45) is 0 Å². The van der Waals surface area contributed by atoms with E-state index < -0.39 is 6.36 Å². The van der Waals surface area contributed by atoms with Gasteiger partial charge in [-0.15, -0.1) is 13.2 Å². The largest absolute Gasteiger partial charge is 0.573 e. The predicted octanol–water partition coefficient (Wildman–Crippen LogP) is 3.87. The minimum atomic E-state index is -4.67. The Morgan fingerprint density at radius 2 is 1.81 bits per heavy atom. The molecular formula is C15H21F3N2O. The monoisotopic (exact) mass is 302 g/mol. The van der Waals surface area contributed by atoms with Crippen LogP contribution in [0.3, 0.4) is 0 Å². The normalized spacial score (nSPS) is 18.0. The Morgan fingerprint density at radius 1 is 1.19 bits per heavy atom. The molecule has 118 valence electrons. The van der Waals surface area contributed by atoms with Gasteiger partial charge in [-0.25, -0.2) is 0 Å². The molecule has 1 aromatic carbocycles. The number of alkyl halides is 3. The second-order valence-electron chi connectivity index (χ2n) is 5.59. The summed E-state index contributed by atoms with van der Waals surface area (Å²) in [4.78, 5) is 2.37. The summed E-state index contributed by atoms with van der Waals surface area (Å²) >= 11 is 0. The maximum atomic E-state index is 12.4. The van der Waals surface area contributed by atoms with Crippen LogP contribution in [0.25, 0.3) is 0 Å². The fourth-order valence-electron chi connectivity index (χ4n) is 2.58. The lowest BCUT2D eigenvalue weighted by molar-refractivity contribution is -0.274. The number of nitrogens with one attached hydrogen (secondary N) is 1. The molecule has 0 atom stereocenters. The third-order valence-corrected chi connectivity index (χ3v) is 3.73. The van der Waals surface area contributed by atoms with Crippen LogP contribution in [-0.2, 0) is 0 Å². The average Bonchev–Trinajstić information content (AvgIpc) is 2.40. The first-order chi connectivity index (χ1) is 9.85. The van der Waals surface area contributed by atoms with Gasteiger partial charge < -0.3 is 15.0 Å². The lowest BCUT2D eigenvalue weighted by Gasteiger charge is -2.35. The van der Waals surface area contributed by atoms with Gasteiger partial charge in [-0.05, 0) is 38.8 Å². The van der Waals surface area contributed by atoms with E-state index in [1.165, 1.54) is 12.1 Å². The minimum Gasteiger partial charge on any atom is -0.404 e. The first-order valence-corrected chi connectivity index (χ1v) is 7.20. The molecule has 0 aliphatic carbocycles. The van der Waals surface area contributed by atoms with E-state index in [1.807, 2.05) is 0 Å². The zero-order valence-electron chi connectivity index (χ0n) is 12.3. The van der Waals surface area contributed by atoms with Crippen LogP contribution in [0.1, 0.15) is 26.7 Å². The van der Waals surface area contributed by atoms with Gasteiger partial charge >= 0.3 is 6.36 Å². The van der Waals surface area contributed by atoms with E-state index in [4.69, 9.17) is 0 Å². The van der Waals surface area contributed by atoms with Crippen molar-refractivity contribution >= 4 is 5.69 Å². The second kappa shape index (κ2) is 6.56. The van der Waals surface area contributed by atoms with Crippen LogP contribution in [0, 0.1) is 0 Å². The van der Waals surface area contributed by atoms with Crippen molar-refractivity contribution in [3.63, 3.8) is 0 Å². The summed E-state index contributed by atoms with van der Waals surface area (Å²) in [5.74, 6) is -0.170. The molecule has 1 aliphatic rings. The molecule has 0 unspecified atom stereocenters. The molecule has 1 saturated heterocycles. The first-order valence-electron chi connectivity index (χ1n) is 7.20. The van der Waals surface area contributed by atoms with E-state index in [2.05, 4.69) is 28.8 Å². The fraction of sp³-hybridized carbons (Fsp3) is 0.600. The lowest BCUT2D eigenvalue weighted by atomic mass is 10.0. The smallest absolute Gasteiger partial charge is 0.404 e. The third-order valence-electron chi connectivity index (χ3n) is 3.73. The molecule has 1 N–H and O–H groups in total. The number of anilines is 1. The molecule has 1 aliphatic heterocycles. The van der Waals surface area contributed by atoms with Crippen molar-refractivity contribution in [3.8, 4) is 5.75 Å². The SMILES string of the molecule is CC(C)N1CCC(Nc2ccccc2OC(F)(F)F)CC1. The standard InChI is InChI=1S/C15H21F3N2O/c1-11(2)20-9-7-12(8-10-20)19-13-5-3-4-6-14(13)21-15(16,17)18/h3-6,11-12,19H,7-10H2,1-2H3. The van der Waals surface area contributed by atoms with Crippen molar-refractivity contribution in [2.75, 3.05) is 18.4 Å².